The van der Waals surface area contributed by atoms with Gasteiger partial charge in [0.05, 0.1) is 6.61 Å². The van der Waals surface area contributed by atoms with Crippen molar-refractivity contribution in [2.75, 3.05) is 26.7 Å². The molecule has 0 amide bonds. The van der Waals surface area contributed by atoms with Gasteiger partial charge in [-0.25, -0.2) is 0 Å². The lowest BCUT2D eigenvalue weighted by molar-refractivity contribution is 0.102. The second-order valence-corrected chi connectivity index (χ2v) is 6.44. The first-order valence-electron chi connectivity index (χ1n) is 8.14. The van der Waals surface area contributed by atoms with E-state index in [1.807, 2.05) is 0 Å². The summed E-state index contributed by atoms with van der Waals surface area (Å²) >= 11 is 0. The fraction of sp³-hybridized carbons (Fsp3) is 1.00. The highest BCUT2D eigenvalue weighted by Gasteiger charge is 2.30. The summed E-state index contributed by atoms with van der Waals surface area (Å²) < 4.78 is 0. The summed E-state index contributed by atoms with van der Waals surface area (Å²) in [5.74, 6) is 1.66. The summed E-state index contributed by atoms with van der Waals surface area (Å²) in [5.41, 5.74) is 0. The highest BCUT2D eigenvalue weighted by atomic mass is 16.3. The van der Waals surface area contributed by atoms with Gasteiger partial charge in [-0.05, 0) is 52.0 Å². The Morgan fingerprint density at radius 1 is 1.32 bits per heavy atom. The molecule has 3 heteroatoms. The standard InChI is InChI=1S/C16H34N2O/c1-5-6-14-7-8-16(17-4)15(11-14)12-18(9-10-19)13(2)3/h13-17,19H,5-12H2,1-4H3. The van der Waals surface area contributed by atoms with Crippen LogP contribution in [0.5, 0.6) is 0 Å². The largest absolute Gasteiger partial charge is 0.395 e. The van der Waals surface area contributed by atoms with Crippen LogP contribution in [0.2, 0.25) is 0 Å². The molecule has 19 heavy (non-hydrogen) atoms. The van der Waals surface area contributed by atoms with E-state index in [-0.39, 0.29) is 6.61 Å². The Morgan fingerprint density at radius 2 is 2.05 bits per heavy atom. The van der Waals surface area contributed by atoms with E-state index in [4.69, 9.17) is 0 Å². The third-order valence-corrected chi connectivity index (χ3v) is 4.75. The van der Waals surface area contributed by atoms with Crippen LogP contribution in [0.4, 0.5) is 0 Å². The summed E-state index contributed by atoms with van der Waals surface area (Å²) in [4.78, 5) is 2.43. The molecular weight excluding hydrogens is 236 g/mol. The van der Waals surface area contributed by atoms with Gasteiger partial charge in [0, 0.05) is 25.2 Å². The molecule has 114 valence electrons. The maximum absolute atomic E-state index is 9.22. The van der Waals surface area contributed by atoms with E-state index in [0.717, 1.165) is 24.9 Å². The third-order valence-electron chi connectivity index (χ3n) is 4.75. The van der Waals surface area contributed by atoms with Crippen molar-refractivity contribution < 1.29 is 5.11 Å². The topological polar surface area (TPSA) is 35.5 Å². The maximum Gasteiger partial charge on any atom is 0.0558 e. The lowest BCUT2D eigenvalue weighted by Crippen LogP contribution is -2.47. The van der Waals surface area contributed by atoms with Crippen LogP contribution < -0.4 is 5.32 Å². The molecule has 0 heterocycles. The minimum atomic E-state index is 0.271. The van der Waals surface area contributed by atoms with Crippen LogP contribution in [0.25, 0.3) is 0 Å². The van der Waals surface area contributed by atoms with Gasteiger partial charge >= 0.3 is 0 Å². The summed E-state index contributed by atoms with van der Waals surface area (Å²) in [5, 5.41) is 12.7. The van der Waals surface area contributed by atoms with Crippen LogP contribution in [-0.2, 0) is 0 Å². The molecule has 0 aromatic carbocycles. The Kier molecular flexibility index (Phi) is 7.96. The maximum atomic E-state index is 9.22. The highest BCUT2D eigenvalue weighted by molar-refractivity contribution is 4.86. The van der Waals surface area contributed by atoms with Crippen molar-refractivity contribution in [3.8, 4) is 0 Å². The first kappa shape index (κ1) is 16.9. The summed E-state index contributed by atoms with van der Waals surface area (Å²) in [6.07, 6.45) is 6.75. The molecule has 0 aromatic heterocycles. The molecule has 1 aliphatic carbocycles. The first-order chi connectivity index (χ1) is 9.12. The molecule has 0 saturated heterocycles. The minimum absolute atomic E-state index is 0.271. The van der Waals surface area contributed by atoms with Crippen molar-refractivity contribution in [2.24, 2.45) is 11.8 Å². The number of nitrogens with one attached hydrogen (secondary N) is 1. The highest BCUT2D eigenvalue weighted by Crippen LogP contribution is 2.32. The molecule has 2 N–H and O–H groups in total. The average Bonchev–Trinajstić information content (AvgIpc) is 2.39. The Morgan fingerprint density at radius 3 is 2.58 bits per heavy atom. The number of hydrogen-bond acceptors (Lipinski definition) is 3. The van der Waals surface area contributed by atoms with E-state index in [9.17, 15) is 5.11 Å². The molecule has 0 aliphatic heterocycles. The number of aliphatic hydroxyl groups is 1. The van der Waals surface area contributed by atoms with Crippen molar-refractivity contribution in [3.63, 3.8) is 0 Å². The number of rotatable bonds is 8. The predicted molar refractivity (Wildman–Crippen MR) is 82.4 cm³/mol. The van der Waals surface area contributed by atoms with Crippen molar-refractivity contribution in [1.82, 2.24) is 10.2 Å². The molecule has 1 aliphatic rings. The molecule has 0 bridgehead atoms. The van der Waals surface area contributed by atoms with Crippen LogP contribution >= 0.6 is 0 Å². The van der Waals surface area contributed by atoms with Gasteiger partial charge in [-0.1, -0.05) is 19.8 Å². The normalized spacial score (nSPS) is 28.3. The molecule has 0 aromatic rings. The Hall–Kier alpha value is -0.120. The zero-order valence-electron chi connectivity index (χ0n) is 13.4. The fourth-order valence-electron chi connectivity index (χ4n) is 3.60. The second kappa shape index (κ2) is 8.93. The average molecular weight is 270 g/mol. The Labute approximate surface area is 119 Å². The third kappa shape index (κ3) is 5.41. The van der Waals surface area contributed by atoms with Crippen LogP contribution in [-0.4, -0.2) is 48.8 Å². The number of nitrogens with zero attached hydrogens (tertiary/aromatic N) is 1. The zero-order chi connectivity index (χ0) is 14.3. The van der Waals surface area contributed by atoms with E-state index in [1.54, 1.807) is 0 Å². The van der Waals surface area contributed by atoms with Crippen LogP contribution in [0.3, 0.4) is 0 Å². The van der Waals surface area contributed by atoms with Crippen molar-refractivity contribution in [2.45, 2.75) is 65.0 Å². The summed E-state index contributed by atoms with van der Waals surface area (Å²) in [7, 11) is 2.10. The summed E-state index contributed by atoms with van der Waals surface area (Å²) in [6.45, 7) is 8.97. The lowest BCUT2D eigenvalue weighted by atomic mass is 9.76. The molecule has 1 rings (SSSR count). The van der Waals surface area contributed by atoms with Crippen molar-refractivity contribution in [3.05, 3.63) is 0 Å². The molecule has 0 spiro atoms. The van der Waals surface area contributed by atoms with Gasteiger partial charge in [-0.2, -0.15) is 0 Å². The van der Waals surface area contributed by atoms with Gasteiger partial charge in [0.2, 0.25) is 0 Å². The van der Waals surface area contributed by atoms with Gasteiger partial charge in [0.1, 0.15) is 0 Å². The first-order valence-corrected chi connectivity index (χ1v) is 8.14. The number of hydrogen-bond donors (Lipinski definition) is 2. The Bertz CT molecular complexity index is 233. The molecule has 3 nitrogen and oxygen atoms in total. The molecule has 3 unspecified atom stereocenters. The second-order valence-electron chi connectivity index (χ2n) is 6.44. The molecule has 1 saturated carbocycles. The predicted octanol–water partition coefficient (Wildman–Crippen LogP) is 2.49. The van der Waals surface area contributed by atoms with Crippen molar-refractivity contribution in [1.29, 1.82) is 0 Å². The molecule has 1 fully saturated rings. The van der Waals surface area contributed by atoms with Gasteiger partial charge in [-0.3, -0.25) is 4.90 Å². The number of aliphatic hydroxyl groups excluding tert-OH is 1. The van der Waals surface area contributed by atoms with E-state index in [2.05, 4.69) is 38.0 Å². The smallest absolute Gasteiger partial charge is 0.0558 e. The minimum Gasteiger partial charge on any atom is -0.395 e. The molecular formula is C16H34N2O. The molecule has 0 radical (unpaired) electrons. The van der Waals surface area contributed by atoms with Crippen LogP contribution in [0, 0.1) is 11.8 Å². The van der Waals surface area contributed by atoms with Gasteiger partial charge in [-0.15, -0.1) is 0 Å². The van der Waals surface area contributed by atoms with E-state index < -0.39 is 0 Å². The quantitative estimate of drug-likeness (QED) is 0.711. The monoisotopic (exact) mass is 270 g/mol. The zero-order valence-corrected chi connectivity index (χ0v) is 13.4. The molecule has 3 atom stereocenters. The van der Waals surface area contributed by atoms with Gasteiger partial charge < -0.3 is 10.4 Å². The van der Waals surface area contributed by atoms with E-state index in [0.29, 0.717) is 12.1 Å². The Balaban J connectivity index is 2.58. The van der Waals surface area contributed by atoms with Crippen LogP contribution in [0.1, 0.15) is 52.9 Å². The van der Waals surface area contributed by atoms with E-state index >= 15 is 0 Å². The van der Waals surface area contributed by atoms with Crippen molar-refractivity contribution >= 4 is 0 Å². The lowest BCUT2D eigenvalue weighted by Gasteiger charge is -2.40. The van der Waals surface area contributed by atoms with E-state index in [1.165, 1.54) is 32.1 Å². The van der Waals surface area contributed by atoms with Crippen LogP contribution in [0.15, 0.2) is 0 Å². The SMILES string of the molecule is CCCC1CCC(NC)C(CN(CCO)C(C)C)C1. The summed E-state index contributed by atoms with van der Waals surface area (Å²) in [6, 6.07) is 1.18. The van der Waals surface area contributed by atoms with Gasteiger partial charge in [0.25, 0.3) is 0 Å². The van der Waals surface area contributed by atoms with Gasteiger partial charge in [0.15, 0.2) is 0 Å². The fourth-order valence-corrected chi connectivity index (χ4v) is 3.60.